The molecule has 0 aliphatic rings. The van der Waals surface area contributed by atoms with Gasteiger partial charge < -0.3 is 15.2 Å². The number of halogens is 1. The number of rotatable bonds is 6. The summed E-state index contributed by atoms with van der Waals surface area (Å²) in [6.07, 6.45) is 1.60. The molecule has 0 atom stereocenters. The highest BCUT2D eigenvalue weighted by Gasteiger charge is 2.06. The van der Waals surface area contributed by atoms with E-state index in [0.29, 0.717) is 24.7 Å². The molecule has 0 bridgehead atoms. The van der Waals surface area contributed by atoms with Crippen molar-refractivity contribution in [1.82, 2.24) is 4.98 Å². The number of nitrogens with two attached hydrogens (primary N) is 1. The van der Waals surface area contributed by atoms with Crippen LogP contribution in [0.2, 0.25) is 0 Å². The van der Waals surface area contributed by atoms with E-state index < -0.39 is 0 Å². The topological polar surface area (TPSA) is 81.2 Å². The third-order valence-electron chi connectivity index (χ3n) is 2.40. The Hall–Kier alpha value is -2.27. The first-order chi connectivity index (χ1) is 9.27. The molecule has 106 valence electrons. The molecule has 0 aliphatic carbocycles. The molecule has 3 N–H and O–H groups in total. The number of ether oxygens (including phenoxy) is 2. The van der Waals surface area contributed by atoms with Gasteiger partial charge >= 0.3 is 0 Å². The first-order valence-electron chi connectivity index (χ1n) is 5.87. The molecule has 0 amide bonds. The van der Waals surface area contributed by atoms with Crippen molar-refractivity contribution >= 4 is 18.2 Å². The lowest BCUT2D eigenvalue weighted by atomic mass is 10.2. The van der Waals surface area contributed by atoms with Crippen LogP contribution >= 0.6 is 12.4 Å². The van der Waals surface area contributed by atoms with Gasteiger partial charge in [0.2, 0.25) is 5.88 Å². The van der Waals surface area contributed by atoms with Crippen LogP contribution in [-0.2, 0) is 0 Å². The van der Waals surface area contributed by atoms with Crippen molar-refractivity contribution in [2.45, 2.75) is 0 Å². The van der Waals surface area contributed by atoms with Crippen LogP contribution in [-0.4, -0.2) is 24.0 Å². The Kier molecular flexibility index (Phi) is 6.32. The van der Waals surface area contributed by atoms with Crippen molar-refractivity contribution < 1.29 is 9.47 Å². The first-order valence-corrected chi connectivity index (χ1v) is 5.87. The zero-order chi connectivity index (χ0) is 13.5. The van der Waals surface area contributed by atoms with E-state index in [2.05, 4.69) is 4.98 Å². The Morgan fingerprint density at radius 3 is 2.45 bits per heavy atom. The van der Waals surface area contributed by atoms with Crippen molar-refractivity contribution in [3.63, 3.8) is 0 Å². The number of nitrogens with one attached hydrogen (secondary N) is 1. The summed E-state index contributed by atoms with van der Waals surface area (Å²) in [5.41, 5.74) is 5.93. The van der Waals surface area contributed by atoms with Crippen LogP contribution in [0, 0.1) is 5.41 Å². The summed E-state index contributed by atoms with van der Waals surface area (Å²) in [6.45, 7) is 0.740. The fourth-order valence-corrected chi connectivity index (χ4v) is 1.53. The van der Waals surface area contributed by atoms with Gasteiger partial charge in [0.25, 0.3) is 0 Å². The molecular formula is C14H16ClN3O2. The average Bonchev–Trinajstić information content (AvgIpc) is 2.45. The largest absolute Gasteiger partial charge is 0.490 e. The second kappa shape index (κ2) is 8.01. The van der Waals surface area contributed by atoms with E-state index in [1.807, 2.05) is 30.3 Å². The number of nitrogens with zero attached hydrogens (tertiary/aromatic N) is 1. The molecule has 0 saturated heterocycles. The van der Waals surface area contributed by atoms with Gasteiger partial charge in [-0.05, 0) is 24.3 Å². The van der Waals surface area contributed by atoms with Crippen molar-refractivity contribution in [2.75, 3.05) is 13.2 Å². The molecular weight excluding hydrogens is 278 g/mol. The van der Waals surface area contributed by atoms with E-state index in [4.69, 9.17) is 20.6 Å². The Morgan fingerprint density at radius 1 is 1.05 bits per heavy atom. The van der Waals surface area contributed by atoms with Crippen LogP contribution in [0.5, 0.6) is 11.6 Å². The molecule has 0 saturated carbocycles. The molecule has 2 rings (SSSR count). The lowest BCUT2D eigenvalue weighted by Gasteiger charge is -2.10. The van der Waals surface area contributed by atoms with Gasteiger partial charge in [0, 0.05) is 6.20 Å². The van der Waals surface area contributed by atoms with Gasteiger partial charge in [-0.2, -0.15) is 0 Å². The average molecular weight is 294 g/mol. The minimum atomic E-state index is -0.0629. The molecule has 1 aromatic carbocycles. The Bertz CT molecular complexity index is 549. The molecule has 2 aromatic rings. The quantitative estimate of drug-likeness (QED) is 0.486. The second-order valence-corrected chi connectivity index (χ2v) is 3.78. The highest BCUT2D eigenvalue weighted by atomic mass is 35.5. The molecule has 20 heavy (non-hydrogen) atoms. The third-order valence-corrected chi connectivity index (χ3v) is 2.40. The minimum Gasteiger partial charge on any atom is -0.490 e. The molecule has 0 unspecified atom stereocenters. The summed E-state index contributed by atoms with van der Waals surface area (Å²) in [6, 6.07) is 12.9. The van der Waals surface area contributed by atoms with Crippen LogP contribution in [0.25, 0.3) is 0 Å². The standard InChI is InChI=1S/C14H15N3O2.ClH/c15-13(16)12-7-4-8-17-14(12)19-10-9-18-11-5-2-1-3-6-11;/h1-8H,9-10H2,(H3,15,16);1H. The number of pyridine rings is 1. The number of hydrogen-bond acceptors (Lipinski definition) is 4. The van der Waals surface area contributed by atoms with Crippen molar-refractivity contribution in [1.29, 1.82) is 5.41 Å². The molecule has 5 nitrogen and oxygen atoms in total. The van der Waals surface area contributed by atoms with Crippen LogP contribution in [0.4, 0.5) is 0 Å². The Morgan fingerprint density at radius 2 is 1.75 bits per heavy atom. The number of amidine groups is 1. The van der Waals surface area contributed by atoms with Crippen LogP contribution < -0.4 is 15.2 Å². The zero-order valence-electron chi connectivity index (χ0n) is 10.8. The highest BCUT2D eigenvalue weighted by molar-refractivity contribution is 5.96. The third kappa shape index (κ3) is 4.44. The fraction of sp³-hybridized carbons (Fsp3) is 0.143. The Labute approximate surface area is 123 Å². The van der Waals surface area contributed by atoms with Gasteiger partial charge in [-0.1, -0.05) is 18.2 Å². The molecule has 0 aliphatic heterocycles. The summed E-state index contributed by atoms with van der Waals surface area (Å²) < 4.78 is 11.0. The number of hydrogen-bond donors (Lipinski definition) is 2. The van der Waals surface area contributed by atoms with E-state index in [-0.39, 0.29) is 18.2 Å². The van der Waals surface area contributed by atoms with Crippen molar-refractivity contribution in [3.05, 3.63) is 54.2 Å². The van der Waals surface area contributed by atoms with E-state index in [9.17, 15) is 0 Å². The molecule has 0 radical (unpaired) electrons. The maximum Gasteiger partial charge on any atom is 0.224 e. The summed E-state index contributed by atoms with van der Waals surface area (Å²) >= 11 is 0. The predicted molar refractivity (Wildman–Crippen MR) is 79.9 cm³/mol. The Balaban J connectivity index is 0.00000200. The summed E-state index contributed by atoms with van der Waals surface area (Å²) in [5, 5.41) is 7.42. The molecule has 0 spiro atoms. The van der Waals surface area contributed by atoms with Crippen LogP contribution in [0.15, 0.2) is 48.7 Å². The molecule has 0 fully saturated rings. The number of benzene rings is 1. The highest BCUT2D eigenvalue weighted by Crippen LogP contribution is 2.13. The van der Waals surface area contributed by atoms with Crippen LogP contribution in [0.1, 0.15) is 5.56 Å². The summed E-state index contributed by atoms with van der Waals surface area (Å²) in [7, 11) is 0. The van der Waals surface area contributed by atoms with Crippen molar-refractivity contribution in [3.8, 4) is 11.6 Å². The molecule has 1 aromatic heterocycles. The minimum absolute atomic E-state index is 0. The molecule has 6 heteroatoms. The SMILES string of the molecule is Cl.N=C(N)c1cccnc1OCCOc1ccccc1. The number of para-hydroxylation sites is 1. The van der Waals surface area contributed by atoms with Gasteiger partial charge in [0.15, 0.2) is 0 Å². The van der Waals surface area contributed by atoms with E-state index in [0.717, 1.165) is 5.75 Å². The smallest absolute Gasteiger partial charge is 0.224 e. The van der Waals surface area contributed by atoms with Crippen molar-refractivity contribution in [2.24, 2.45) is 5.73 Å². The zero-order valence-corrected chi connectivity index (χ0v) is 11.6. The predicted octanol–water partition coefficient (Wildman–Crippen LogP) is 2.25. The summed E-state index contributed by atoms with van der Waals surface area (Å²) in [4.78, 5) is 4.05. The lowest BCUT2D eigenvalue weighted by Crippen LogP contribution is -2.16. The van der Waals surface area contributed by atoms with E-state index in [1.54, 1.807) is 18.3 Å². The monoisotopic (exact) mass is 293 g/mol. The van der Waals surface area contributed by atoms with Gasteiger partial charge in [-0.25, -0.2) is 4.98 Å². The maximum atomic E-state index is 7.42. The van der Waals surface area contributed by atoms with Gasteiger partial charge in [-0.3, -0.25) is 5.41 Å². The van der Waals surface area contributed by atoms with Gasteiger partial charge in [0.05, 0.1) is 5.56 Å². The van der Waals surface area contributed by atoms with Gasteiger partial charge in [0.1, 0.15) is 24.8 Å². The fourth-order valence-electron chi connectivity index (χ4n) is 1.53. The van der Waals surface area contributed by atoms with Gasteiger partial charge in [-0.15, -0.1) is 12.4 Å². The second-order valence-electron chi connectivity index (χ2n) is 3.78. The maximum absolute atomic E-state index is 7.42. The summed E-state index contributed by atoms with van der Waals surface area (Å²) in [5.74, 6) is 1.08. The van der Waals surface area contributed by atoms with Crippen LogP contribution in [0.3, 0.4) is 0 Å². The normalized spacial score (nSPS) is 9.40. The van der Waals surface area contributed by atoms with E-state index >= 15 is 0 Å². The number of aromatic nitrogens is 1. The lowest BCUT2D eigenvalue weighted by molar-refractivity contribution is 0.211. The number of nitrogen functional groups attached to an aromatic ring is 1. The molecule has 1 heterocycles. The first kappa shape index (κ1) is 15.8. The van der Waals surface area contributed by atoms with E-state index in [1.165, 1.54) is 0 Å².